The molecule has 1 aliphatic rings. The number of aromatic nitrogens is 3. The van der Waals surface area contributed by atoms with E-state index in [0.29, 0.717) is 19.4 Å². The first-order chi connectivity index (χ1) is 17.2. The molecular formula is C29H32N4O3. The van der Waals surface area contributed by atoms with Crippen molar-refractivity contribution >= 4 is 11.7 Å². The minimum absolute atomic E-state index is 0.149. The molecule has 1 aliphatic heterocycles. The van der Waals surface area contributed by atoms with Crippen LogP contribution in [0, 0.1) is 6.92 Å². The molecule has 1 fully saturated rings. The molecule has 3 heterocycles. The first-order valence-electron chi connectivity index (χ1n) is 12.3. The molecule has 0 aliphatic carbocycles. The molecule has 7 nitrogen and oxygen atoms in total. The summed E-state index contributed by atoms with van der Waals surface area (Å²) in [6, 6.07) is 21.9. The van der Waals surface area contributed by atoms with Gasteiger partial charge in [0, 0.05) is 25.6 Å². The zero-order valence-electron chi connectivity index (χ0n) is 21.2. The Labute approximate surface area is 211 Å². The lowest BCUT2D eigenvalue weighted by Crippen LogP contribution is -2.51. The van der Waals surface area contributed by atoms with Crippen LogP contribution in [0.2, 0.25) is 0 Å². The molecule has 7 heteroatoms. The van der Waals surface area contributed by atoms with Crippen LogP contribution in [-0.4, -0.2) is 42.8 Å². The number of rotatable bonds is 6. The minimum Gasteiger partial charge on any atom is -0.438 e. The lowest BCUT2D eigenvalue weighted by atomic mass is 9.80. The van der Waals surface area contributed by atoms with Crippen molar-refractivity contribution in [3.05, 3.63) is 89.9 Å². The van der Waals surface area contributed by atoms with Gasteiger partial charge >= 0.3 is 6.09 Å². The number of benzene rings is 2. The van der Waals surface area contributed by atoms with Gasteiger partial charge < -0.3 is 14.7 Å². The van der Waals surface area contributed by atoms with E-state index in [1.54, 1.807) is 18.7 Å². The molecule has 0 bridgehead atoms. The first kappa shape index (κ1) is 24.0. The van der Waals surface area contributed by atoms with Gasteiger partial charge in [-0.05, 0) is 62.1 Å². The van der Waals surface area contributed by atoms with Gasteiger partial charge in [-0.25, -0.2) is 4.79 Å². The Balaban J connectivity index is 1.35. The van der Waals surface area contributed by atoms with Crippen molar-refractivity contribution in [3.63, 3.8) is 0 Å². The van der Waals surface area contributed by atoms with Gasteiger partial charge in [-0.2, -0.15) is 0 Å². The van der Waals surface area contributed by atoms with Crippen molar-refractivity contribution in [1.82, 2.24) is 19.5 Å². The number of pyridine rings is 1. The number of carbonyl (C=O) groups is 1. The second-order valence-electron chi connectivity index (χ2n) is 10.3. The number of amides is 1. The van der Waals surface area contributed by atoms with Gasteiger partial charge in [0.05, 0.1) is 11.6 Å². The van der Waals surface area contributed by atoms with Crippen LogP contribution in [0.25, 0.3) is 16.8 Å². The fourth-order valence-electron chi connectivity index (χ4n) is 5.22. The second-order valence-corrected chi connectivity index (χ2v) is 10.3. The Morgan fingerprint density at radius 2 is 1.78 bits per heavy atom. The van der Waals surface area contributed by atoms with Crippen molar-refractivity contribution in [3.8, 4) is 11.1 Å². The topological polar surface area (TPSA) is 80.0 Å². The van der Waals surface area contributed by atoms with E-state index in [9.17, 15) is 9.90 Å². The maximum atomic E-state index is 13.3. The smallest absolute Gasteiger partial charge is 0.411 e. The monoisotopic (exact) mass is 484 g/mol. The van der Waals surface area contributed by atoms with Gasteiger partial charge in [0.15, 0.2) is 5.65 Å². The Morgan fingerprint density at radius 1 is 1.06 bits per heavy atom. The van der Waals surface area contributed by atoms with Gasteiger partial charge in [0.2, 0.25) is 0 Å². The highest BCUT2D eigenvalue weighted by atomic mass is 16.6. The van der Waals surface area contributed by atoms with E-state index in [1.807, 2.05) is 60.8 Å². The largest absolute Gasteiger partial charge is 0.438 e. The summed E-state index contributed by atoms with van der Waals surface area (Å²) in [5, 5.41) is 18.9. The summed E-state index contributed by atoms with van der Waals surface area (Å²) in [4.78, 5) is 15.1. The van der Waals surface area contributed by atoms with E-state index in [2.05, 4.69) is 40.5 Å². The van der Waals surface area contributed by atoms with Gasteiger partial charge in [-0.15, -0.1) is 10.2 Å². The van der Waals surface area contributed by atoms with Crippen LogP contribution in [0.15, 0.2) is 72.9 Å². The average Bonchev–Trinajstić information content (AvgIpc) is 3.23. The predicted molar refractivity (Wildman–Crippen MR) is 138 cm³/mol. The number of ether oxygens (including phenoxy) is 1. The summed E-state index contributed by atoms with van der Waals surface area (Å²) in [5.74, 6) is 0.855. The van der Waals surface area contributed by atoms with Gasteiger partial charge in [-0.1, -0.05) is 54.6 Å². The Morgan fingerprint density at radius 3 is 2.44 bits per heavy atom. The van der Waals surface area contributed by atoms with Crippen LogP contribution in [0.5, 0.6) is 0 Å². The molecule has 5 rings (SSSR count). The molecule has 0 saturated carbocycles. The second kappa shape index (κ2) is 9.06. The number of hydrogen-bond acceptors (Lipinski definition) is 5. The summed E-state index contributed by atoms with van der Waals surface area (Å²) >= 11 is 0. The summed E-state index contributed by atoms with van der Waals surface area (Å²) in [6.45, 7) is 7.99. The van der Waals surface area contributed by atoms with Gasteiger partial charge in [0.25, 0.3) is 0 Å². The first-order valence-corrected chi connectivity index (χ1v) is 12.3. The summed E-state index contributed by atoms with van der Waals surface area (Å²) in [7, 11) is 0. The number of nitrogens with zero attached hydrogens (tertiary/aromatic N) is 4. The van der Waals surface area contributed by atoms with Crippen molar-refractivity contribution in [2.75, 3.05) is 6.54 Å². The van der Waals surface area contributed by atoms with Crippen molar-refractivity contribution in [2.24, 2.45) is 0 Å². The van der Waals surface area contributed by atoms with Crippen LogP contribution in [-0.2, 0) is 10.3 Å². The van der Waals surface area contributed by atoms with Crippen LogP contribution < -0.4 is 0 Å². The molecule has 0 radical (unpaired) electrons. The van der Waals surface area contributed by atoms with Crippen molar-refractivity contribution in [2.45, 2.75) is 57.8 Å². The molecule has 0 spiro atoms. The van der Waals surface area contributed by atoms with E-state index in [4.69, 9.17) is 4.74 Å². The number of hydrogen-bond donors (Lipinski definition) is 1. The van der Waals surface area contributed by atoms with Crippen LogP contribution in [0.1, 0.15) is 56.6 Å². The van der Waals surface area contributed by atoms with Crippen LogP contribution in [0.4, 0.5) is 4.79 Å². The number of carbonyl (C=O) groups excluding carboxylic acids is 1. The lowest BCUT2D eigenvalue weighted by molar-refractivity contribution is -0.101. The summed E-state index contributed by atoms with van der Waals surface area (Å²) < 4.78 is 8.09. The van der Waals surface area contributed by atoms with Gasteiger partial charge in [-0.3, -0.25) is 4.40 Å². The fourth-order valence-corrected chi connectivity index (χ4v) is 5.22. The van der Waals surface area contributed by atoms with Crippen molar-refractivity contribution in [1.29, 1.82) is 0 Å². The lowest BCUT2D eigenvalue weighted by Gasteiger charge is -2.45. The third-order valence-electron chi connectivity index (χ3n) is 7.07. The third-order valence-corrected chi connectivity index (χ3v) is 7.07. The molecule has 2 aromatic heterocycles. The molecule has 4 aromatic rings. The zero-order valence-corrected chi connectivity index (χ0v) is 21.2. The normalized spacial score (nSPS) is 19.4. The Hall–Kier alpha value is -3.71. The minimum atomic E-state index is -0.978. The van der Waals surface area contributed by atoms with E-state index >= 15 is 0 Å². The molecular weight excluding hydrogens is 452 g/mol. The molecule has 36 heavy (non-hydrogen) atoms. The average molecular weight is 485 g/mol. The van der Waals surface area contributed by atoms with E-state index in [0.717, 1.165) is 33.7 Å². The molecule has 1 N–H and O–H groups in total. The highest BCUT2D eigenvalue weighted by molar-refractivity contribution is 5.71. The maximum absolute atomic E-state index is 13.3. The SMILES string of the molecule is Cc1nnc2cc(-c3ccc([C@H](C)N4CCC(CC(C)(C)O)(c5ccccc5)OC4=O)cc3)ccn12. The quantitative estimate of drug-likeness (QED) is 0.382. The van der Waals surface area contributed by atoms with E-state index in [1.165, 1.54) is 0 Å². The number of fused-ring (bicyclic) bond motifs is 1. The molecule has 186 valence electrons. The van der Waals surface area contributed by atoms with Crippen LogP contribution >= 0.6 is 0 Å². The van der Waals surface area contributed by atoms with Gasteiger partial charge in [0.1, 0.15) is 11.4 Å². The Bertz CT molecular complexity index is 1380. The maximum Gasteiger partial charge on any atom is 0.411 e. The fraction of sp³-hybridized carbons (Fsp3) is 0.345. The van der Waals surface area contributed by atoms with Crippen LogP contribution in [0.3, 0.4) is 0 Å². The molecule has 1 saturated heterocycles. The summed E-state index contributed by atoms with van der Waals surface area (Å²) in [5.41, 5.74) is 3.06. The highest BCUT2D eigenvalue weighted by Gasteiger charge is 2.46. The number of aliphatic hydroxyl groups is 1. The zero-order chi connectivity index (χ0) is 25.5. The molecule has 2 aromatic carbocycles. The number of aryl methyl sites for hydroxylation is 1. The van der Waals surface area contributed by atoms with Crippen molar-refractivity contribution < 1.29 is 14.6 Å². The van der Waals surface area contributed by atoms with E-state index in [-0.39, 0.29) is 12.1 Å². The highest BCUT2D eigenvalue weighted by Crippen LogP contribution is 2.42. The predicted octanol–water partition coefficient (Wildman–Crippen LogP) is 5.66. The molecule has 1 amide bonds. The standard InChI is InChI=1S/C29H32N4O3/c1-20(22-10-12-23(13-11-22)24-14-16-33-21(2)30-31-26(33)18-24)32-17-15-29(36-27(32)34,19-28(3,4)35)25-8-6-5-7-9-25/h5-14,16,18,20,35H,15,17,19H2,1-4H3/t20-,29?/m0/s1. The summed E-state index contributed by atoms with van der Waals surface area (Å²) in [6.07, 6.45) is 2.56. The molecule has 2 atom stereocenters. The van der Waals surface area contributed by atoms with E-state index < -0.39 is 11.2 Å². The molecule has 1 unspecified atom stereocenters. The number of cyclic esters (lactones) is 1. The Kier molecular flexibility index (Phi) is 6.04. The third kappa shape index (κ3) is 4.58.